The van der Waals surface area contributed by atoms with E-state index in [0.29, 0.717) is 5.57 Å². The molecular weight excluding hydrogens is 228 g/mol. The number of carbonyl (C=O) groups excluding carboxylic acids is 1. The predicted molar refractivity (Wildman–Crippen MR) is 71.4 cm³/mol. The molecule has 0 heterocycles. The minimum absolute atomic E-state index is 0.0396. The first kappa shape index (κ1) is 13.7. The summed E-state index contributed by atoms with van der Waals surface area (Å²) in [5.41, 5.74) is 1.71. The van der Waals surface area contributed by atoms with Crippen molar-refractivity contribution < 1.29 is 9.22 Å². The van der Waals surface area contributed by atoms with E-state index in [4.69, 9.17) is 4.43 Å². The van der Waals surface area contributed by atoms with Crippen molar-refractivity contribution in [3.05, 3.63) is 42.0 Å². The Bertz CT molecular complexity index is 430. The highest BCUT2D eigenvalue weighted by Crippen LogP contribution is 2.19. The third-order valence-electron chi connectivity index (χ3n) is 2.34. The number of hydrogen-bond acceptors (Lipinski definition) is 2. The van der Waals surface area contributed by atoms with Gasteiger partial charge in [-0.15, -0.1) is 0 Å². The number of benzene rings is 1. The van der Waals surface area contributed by atoms with Crippen LogP contribution in [-0.2, 0) is 14.6 Å². The van der Waals surface area contributed by atoms with E-state index in [0.717, 1.165) is 5.19 Å². The van der Waals surface area contributed by atoms with Gasteiger partial charge >= 0.3 is 15.7 Å². The fourth-order valence-corrected chi connectivity index (χ4v) is 2.52. The van der Waals surface area contributed by atoms with Crippen LogP contribution in [0.5, 0.6) is 0 Å². The van der Waals surface area contributed by atoms with Gasteiger partial charge < -0.3 is 4.43 Å². The van der Waals surface area contributed by atoms with Crippen molar-refractivity contribution >= 4 is 20.9 Å². The van der Waals surface area contributed by atoms with Crippen molar-refractivity contribution in [2.75, 3.05) is 0 Å². The minimum Gasteiger partial charge on any atom is -0.508 e. The van der Waals surface area contributed by atoms with Gasteiger partial charge in [0.15, 0.2) is 0 Å². The molecule has 3 heteroatoms. The molecule has 0 fully saturated rings. The molecule has 0 bridgehead atoms. The van der Waals surface area contributed by atoms with Gasteiger partial charge in [-0.1, -0.05) is 51.6 Å². The largest absolute Gasteiger partial charge is 0.508 e. The van der Waals surface area contributed by atoms with E-state index in [-0.39, 0.29) is 21.1 Å². The number of carbonyl (C=O) groups is 1. The zero-order valence-electron chi connectivity index (χ0n) is 10.8. The first-order valence-corrected chi connectivity index (χ1v) is 6.45. The van der Waals surface area contributed by atoms with Crippen LogP contribution in [0.25, 0.3) is 0 Å². The molecule has 0 amide bonds. The van der Waals surface area contributed by atoms with Gasteiger partial charge in [0.2, 0.25) is 0 Å². The van der Waals surface area contributed by atoms with E-state index < -0.39 is 0 Å². The van der Waals surface area contributed by atoms with Crippen molar-refractivity contribution in [2.45, 2.75) is 33.1 Å². The standard InChI is InChI=1S/C14H18O2Si/c1-10(2)13(15)16-17-12-9-7-6-8-11(12)14(3,4)5/h6-9H,1H2,2-5H3. The summed E-state index contributed by atoms with van der Waals surface area (Å²) in [7, 11) is 0.0396. The fraction of sp³-hybridized carbons (Fsp3) is 0.357. The van der Waals surface area contributed by atoms with Crippen molar-refractivity contribution in [3.63, 3.8) is 0 Å². The second-order valence-corrected chi connectivity index (χ2v) is 6.01. The summed E-state index contributed by atoms with van der Waals surface area (Å²) in [5, 5.41) is 1.08. The highest BCUT2D eigenvalue weighted by atomic mass is 28.2. The molecule has 2 nitrogen and oxygen atoms in total. The normalized spacial score (nSPS) is 11.1. The molecule has 90 valence electrons. The summed E-state index contributed by atoms with van der Waals surface area (Å²) in [4.78, 5) is 11.4. The van der Waals surface area contributed by atoms with Crippen LogP contribution in [0.1, 0.15) is 33.3 Å². The van der Waals surface area contributed by atoms with Gasteiger partial charge in [0, 0.05) is 5.57 Å². The summed E-state index contributed by atoms with van der Waals surface area (Å²) >= 11 is 0. The SMILES string of the molecule is C=C(C)C(=O)O[Si]c1ccccc1C(C)(C)C. The van der Waals surface area contributed by atoms with Gasteiger partial charge in [-0.3, -0.25) is 0 Å². The lowest BCUT2D eigenvalue weighted by Crippen LogP contribution is -2.30. The van der Waals surface area contributed by atoms with Crippen molar-refractivity contribution in [3.8, 4) is 0 Å². The molecule has 0 atom stereocenters. The maximum atomic E-state index is 11.4. The Kier molecular flexibility index (Phi) is 4.29. The van der Waals surface area contributed by atoms with E-state index >= 15 is 0 Å². The predicted octanol–water partition coefficient (Wildman–Crippen LogP) is 2.35. The molecule has 1 aromatic rings. The smallest absolute Gasteiger partial charge is 0.356 e. The van der Waals surface area contributed by atoms with Crippen LogP contribution in [0.15, 0.2) is 36.4 Å². The molecule has 17 heavy (non-hydrogen) atoms. The third kappa shape index (κ3) is 3.86. The summed E-state index contributed by atoms with van der Waals surface area (Å²) in [6, 6.07) is 8.06. The molecule has 0 N–H and O–H groups in total. The van der Waals surface area contributed by atoms with Gasteiger partial charge in [-0.2, -0.15) is 0 Å². The quantitative estimate of drug-likeness (QED) is 0.604. The van der Waals surface area contributed by atoms with E-state index in [1.54, 1.807) is 6.92 Å². The third-order valence-corrected chi connectivity index (χ3v) is 3.28. The molecule has 1 rings (SSSR count). The van der Waals surface area contributed by atoms with Crippen LogP contribution in [0.2, 0.25) is 0 Å². The first-order valence-electron chi connectivity index (χ1n) is 5.54. The molecule has 0 aliphatic heterocycles. The minimum atomic E-state index is -0.327. The maximum Gasteiger partial charge on any atom is 0.356 e. The molecule has 0 saturated carbocycles. The van der Waals surface area contributed by atoms with Gasteiger partial charge in [-0.25, -0.2) is 4.79 Å². The zero-order valence-corrected chi connectivity index (χ0v) is 11.8. The average molecular weight is 246 g/mol. The molecule has 0 spiro atoms. The van der Waals surface area contributed by atoms with Crippen LogP contribution in [-0.4, -0.2) is 15.7 Å². The van der Waals surface area contributed by atoms with E-state index in [1.165, 1.54) is 5.56 Å². The average Bonchev–Trinajstić information content (AvgIpc) is 2.24. The maximum absolute atomic E-state index is 11.4. The molecular formula is C14H18O2Si. The topological polar surface area (TPSA) is 26.3 Å². The molecule has 0 unspecified atom stereocenters. The van der Waals surface area contributed by atoms with Gasteiger partial charge in [-0.05, 0) is 23.1 Å². The highest BCUT2D eigenvalue weighted by molar-refractivity contribution is 6.50. The molecule has 2 radical (unpaired) electrons. The second kappa shape index (κ2) is 5.32. The lowest BCUT2D eigenvalue weighted by atomic mass is 9.87. The van der Waals surface area contributed by atoms with Crippen LogP contribution >= 0.6 is 0 Å². The van der Waals surface area contributed by atoms with Gasteiger partial charge in [0.1, 0.15) is 0 Å². The summed E-state index contributed by atoms with van der Waals surface area (Å²) in [5.74, 6) is -0.327. The first-order chi connectivity index (χ1) is 7.82. The second-order valence-electron chi connectivity index (χ2n) is 5.07. The van der Waals surface area contributed by atoms with E-state index in [9.17, 15) is 4.79 Å². The van der Waals surface area contributed by atoms with E-state index in [2.05, 4.69) is 33.4 Å². The van der Waals surface area contributed by atoms with E-state index in [1.807, 2.05) is 18.2 Å². The molecule has 0 aliphatic rings. The number of rotatable bonds is 3. The van der Waals surface area contributed by atoms with Gasteiger partial charge in [0.25, 0.3) is 0 Å². The Labute approximate surface area is 106 Å². The summed E-state index contributed by atoms with van der Waals surface area (Å²) in [6.45, 7) is 11.7. The Morgan fingerprint density at radius 1 is 1.29 bits per heavy atom. The van der Waals surface area contributed by atoms with Crippen molar-refractivity contribution in [1.29, 1.82) is 0 Å². The molecule has 1 aromatic carbocycles. The summed E-state index contributed by atoms with van der Waals surface area (Å²) in [6.07, 6.45) is 0. The Hall–Kier alpha value is -1.35. The van der Waals surface area contributed by atoms with Crippen LogP contribution < -0.4 is 5.19 Å². The lowest BCUT2D eigenvalue weighted by molar-refractivity contribution is -0.129. The zero-order chi connectivity index (χ0) is 13.1. The van der Waals surface area contributed by atoms with Crippen LogP contribution in [0.4, 0.5) is 0 Å². The van der Waals surface area contributed by atoms with Crippen LogP contribution in [0, 0.1) is 0 Å². The molecule has 0 saturated heterocycles. The monoisotopic (exact) mass is 246 g/mol. The number of hydrogen-bond donors (Lipinski definition) is 0. The van der Waals surface area contributed by atoms with Gasteiger partial charge in [0.05, 0.1) is 0 Å². The van der Waals surface area contributed by atoms with Crippen LogP contribution in [0.3, 0.4) is 0 Å². The highest BCUT2D eigenvalue weighted by Gasteiger charge is 2.19. The summed E-state index contributed by atoms with van der Waals surface area (Å²) < 4.78 is 5.21. The Morgan fingerprint density at radius 2 is 1.88 bits per heavy atom. The lowest BCUT2D eigenvalue weighted by Gasteiger charge is -2.22. The molecule has 0 aliphatic carbocycles. The van der Waals surface area contributed by atoms with Crippen molar-refractivity contribution in [2.24, 2.45) is 0 Å². The Morgan fingerprint density at radius 3 is 2.41 bits per heavy atom. The Balaban J connectivity index is 2.85. The van der Waals surface area contributed by atoms with Crippen molar-refractivity contribution in [1.82, 2.24) is 0 Å². The molecule has 0 aromatic heterocycles. The fourth-order valence-electron chi connectivity index (χ4n) is 1.41.